The standard InChI is InChI=1S/C14H26N2O4S/c1-4-8-11-14(18)16(12(5-2)13(17)15-11)9-7-10-21(19,20)6-3/h11-12H,4-10H2,1-3H3,(H,15,17). The predicted molar refractivity (Wildman–Crippen MR) is 81.6 cm³/mol. The van der Waals surface area contributed by atoms with Crippen molar-refractivity contribution in [1.82, 2.24) is 10.2 Å². The lowest BCUT2D eigenvalue weighted by atomic mass is 10.0. The molecule has 0 spiro atoms. The first-order valence-corrected chi connectivity index (χ1v) is 9.49. The van der Waals surface area contributed by atoms with E-state index in [9.17, 15) is 18.0 Å². The van der Waals surface area contributed by atoms with Crippen molar-refractivity contribution in [3.63, 3.8) is 0 Å². The summed E-state index contributed by atoms with van der Waals surface area (Å²) in [5.41, 5.74) is 0. The van der Waals surface area contributed by atoms with E-state index in [2.05, 4.69) is 5.32 Å². The van der Waals surface area contributed by atoms with Gasteiger partial charge in [0.05, 0.1) is 5.75 Å². The molecule has 2 atom stereocenters. The van der Waals surface area contributed by atoms with Gasteiger partial charge in [-0.2, -0.15) is 0 Å². The van der Waals surface area contributed by atoms with Gasteiger partial charge in [-0.25, -0.2) is 8.42 Å². The van der Waals surface area contributed by atoms with E-state index < -0.39 is 21.9 Å². The molecule has 2 amide bonds. The summed E-state index contributed by atoms with van der Waals surface area (Å²) in [5.74, 6) is -0.0490. The predicted octanol–water partition coefficient (Wildman–Crippen LogP) is 0.717. The van der Waals surface area contributed by atoms with Crippen LogP contribution in [0.1, 0.15) is 46.5 Å². The van der Waals surface area contributed by atoms with Gasteiger partial charge in [0.1, 0.15) is 21.9 Å². The lowest BCUT2D eigenvalue weighted by molar-refractivity contribution is -0.149. The molecule has 6 nitrogen and oxygen atoms in total. The summed E-state index contributed by atoms with van der Waals surface area (Å²) in [5, 5.41) is 2.77. The highest BCUT2D eigenvalue weighted by molar-refractivity contribution is 7.91. The zero-order valence-electron chi connectivity index (χ0n) is 13.1. The molecule has 7 heteroatoms. The molecule has 1 N–H and O–H groups in total. The first kappa shape index (κ1) is 17.9. The smallest absolute Gasteiger partial charge is 0.245 e. The third-order valence-corrected chi connectivity index (χ3v) is 5.63. The Morgan fingerprint density at radius 3 is 2.38 bits per heavy atom. The molecule has 0 saturated carbocycles. The molecule has 0 radical (unpaired) electrons. The first-order chi connectivity index (χ1) is 9.86. The average Bonchev–Trinajstić information content (AvgIpc) is 2.44. The number of carbonyl (C=O) groups excluding carboxylic acids is 2. The van der Waals surface area contributed by atoms with Crippen LogP contribution in [0, 0.1) is 0 Å². The molecule has 1 heterocycles. The van der Waals surface area contributed by atoms with Crippen molar-refractivity contribution in [2.45, 2.75) is 58.5 Å². The van der Waals surface area contributed by atoms with Gasteiger partial charge in [-0.1, -0.05) is 27.2 Å². The zero-order chi connectivity index (χ0) is 16.0. The fraction of sp³-hybridized carbons (Fsp3) is 0.857. The van der Waals surface area contributed by atoms with Crippen LogP contribution in [-0.4, -0.2) is 55.3 Å². The van der Waals surface area contributed by atoms with Gasteiger partial charge in [-0.05, 0) is 19.3 Å². The average molecular weight is 318 g/mol. The Kier molecular flexibility index (Phi) is 6.64. The third-order valence-electron chi connectivity index (χ3n) is 3.83. The lowest BCUT2D eigenvalue weighted by Crippen LogP contribution is -2.63. The Balaban J connectivity index is 2.73. The van der Waals surface area contributed by atoms with Crippen molar-refractivity contribution in [3.05, 3.63) is 0 Å². The second-order valence-corrected chi connectivity index (χ2v) is 7.87. The molecule has 122 valence electrons. The molecular weight excluding hydrogens is 292 g/mol. The van der Waals surface area contributed by atoms with Crippen LogP contribution in [0.3, 0.4) is 0 Å². The van der Waals surface area contributed by atoms with E-state index in [1.54, 1.807) is 11.8 Å². The summed E-state index contributed by atoms with van der Waals surface area (Å²) in [4.78, 5) is 26.0. The highest BCUT2D eigenvalue weighted by Crippen LogP contribution is 2.16. The Labute approximate surface area is 127 Å². The molecule has 0 aliphatic carbocycles. The highest BCUT2D eigenvalue weighted by Gasteiger charge is 2.38. The summed E-state index contributed by atoms with van der Waals surface area (Å²) in [7, 11) is -3.04. The number of hydrogen-bond acceptors (Lipinski definition) is 4. The van der Waals surface area contributed by atoms with Crippen LogP contribution in [0.4, 0.5) is 0 Å². The number of piperazine rings is 1. The van der Waals surface area contributed by atoms with Gasteiger partial charge in [0, 0.05) is 12.3 Å². The molecule has 1 fully saturated rings. The normalized spacial score (nSPS) is 23.3. The lowest BCUT2D eigenvalue weighted by Gasteiger charge is -2.38. The van der Waals surface area contributed by atoms with Gasteiger partial charge in [-0.15, -0.1) is 0 Å². The van der Waals surface area contributed by atoms with Crippen molar-refractivity contribution in [1.29, 1.82) is 0 Å². The number of nitrogens with one attached hydrogen (secondary N) is 1. The van der Waals surface area contributed by atoms with Gasteiger partial charge in [0.15, 0.2) is 0 Å². The second kappa shape index (κ2) is 7.77. The molecule has 1 aliphatic heterocycles. The summed E-state index contributed by atoms with van der Waals surface area (Å²) in [6.07, 6.45) is 2.35. The Hall–Kier alpha value is -1.11. The SMILES string of the molecule is CCCC1NC(=O)C(CC)N(CCCS(=O)(=O)CC)C1=O. The fourth-order valence-corrected chi connectivity index (χ4v) is 3.44. The minimum absolute atomic E-state index is 0.0593. The second-order valence-electron chi connectivity index (χ2n) is 5.40. The summed E-state index contributed by atoms with van der Waals surface area (Å²) in [6.45, 7) is 5.75. The van der Waals surface area contributed by atoms with Crippen molar-refractivity contribution in [2.24, 2.45) is 0 Å². The minimum atomic E-state index is -3.04. The van der Waals surface area contributed by atoms with E-state index in [1.165, 1.54) is 0 Å². The van der Waals surface area contributed by atoms with Crippen LogP contribution in [0.25, 0.3) is 0 Å². The molecule has 0 aromatic heterocycles. The maximum atomic E-state index is 12.4. The monoisotopic (exact) mass is 318 g/mol. The van der Waals surface area contributed by atoms with Crippen molar-refractivity contribution in [3.8, 4) is 0 Å². The molecule has 2 unspecified atom stereocenters. The van der Waals surface area contributed by atoms with Gasteiger partial charge in [0.25, 0.3) is 0 Å². The Morgan fingerprint density at radius 2 is 1.86 bits per heavy atom. The van der Waals surface area contributed by atoms with Crippen molar-refractivity contribution in [2.75, 3.05) is 18.1 Å². The molecule has 1 rings (SSSR count). The quantitative estimate of drug-likeness (QED) is 0.714. The number of nitrogens with zero attached hydrogens (tertiary/aromatic N) is 1. The minimum Gasteiger partial charge on any atom is -0.343 e. The molecule has 0 aromatic rings. The van der Waals surface area contributed by atoms with Gasteiger partial charge >= 0.3 is 0 Å². The highest BCUT2D eigenvalue weighted by atomic mass is 32.2. The number of rotatable bonds is 8. The van der Waals surface area contributed by atoms with E-state index in [4.69, 9.17) is 0 Å². The number of hydrogen-bond donors (Lipinski definition) is 1. The first-order valence-electron chi connectivity index (χ1n) is 7.67. The van der Waals surface area contributed by atoms with Crippen LogP contribution in [0.2, 0.25) is 0 Å². The van der Waals surface area contributed by atoms with Crippen LogP contribution in [0.5, 0.6) is 0 Å². The van der Waals surface area contributed by atoms with E-state index in [1.807, 2.05) is 13.8 Å². The van der Waals surface area contributed by atoms with E-state index in [0.717, 1.165) is 6.42 Å². The van der Waals surface area contributed by atoms with Crippen LogP contribution in [-0.2, 0) is 19.4 Å². The van der Waals surface area contributed by atoms with Crippen LogP contribution < -0.4 is 5.32 Å². The van der Waals surface area contributed by atoms with E-state index >= 15 is 0 Å². The van der Waals surface area contributed by atoms with Crippen molar-refractivity contribution < 1.29 is 18.0 Å². The number of amides is 2. The van der Waals surface area contributed by atoms with E-state index in [-0.39, 0.29) is 23.3 Å². The third kappa shape index (κ3) is 4.69. The van der Waals surface area contributed by atoms with Gasteiger partial charge in [-0.3, -0.25) is 9.59 Å². The Bertz CT molecular complexity index is 475. The largest absolute Gasteiger partial charge is 0.343 e. The van der Waals surface area contributed by atoms with Crippen molar-refractivity contribution >= 4 is 21.7 Å². The Morgan fingerprint density at radius 1 is 1.19 bits per heavy atom. The van der Waals surface area contributed by atoms with Crippen LogP contribution in [0.15, 0.2) is 0 Å². The van der Waals surface area contributed by atoms with E-state index in [0.29, 0.717) is 25.8 Å². The number of sulfone groups is 1. The summed E-state index contributed by atoms with van der Waals surface area (Å²) >= 11 is 0. The maximum absolute atomic E-state index is 12.4. The molecule has 0 bridgehead atoms. The molecule has 21 heavy (non-hydrogen) atoms. The maximum Gasteiger partial charge on any atom is 0.245 e. The topological polar surface area (TPSA) is 83.6 Å². The van der Waals surface area contributed by atoms with Gasteiger partial charge < -0.3 is 10.2 Å². The zero-order valence-corrected chi connectivity index (χ0v) is 13.9. The van der Waals surface area contributed by atoms with Crippen LogP contribution >= 0.6 is 0 Å². The summed E-state index contributed by atoms with van der Waals surface area (Å²) < 4.78 is 23.0. The summed E-state index contributed by atoms with van der Waals surface area (Å²) in [6, 6.07) is -0.942. The molecule has 1 aliphatic rings. The fourth-order valence-electron chi connectivity index (χ4n) is 2.58. The van der Waals surface area contributed by atoms with Gasteiger partial charge in [0.2, 0.25) is 11.8 Å². The molecular formula is C14H26N2O4S. The molecule has 0 aromatic carbocycles. The molecule has 1 saturated heterocycles. The number of carbonyl (C=O) groups is 2.